The van der Waals surface area contributed by atoms with E-state index in [-0.39, 0.29) is 30.7 Å². The van der Waals surface area contributed by atoms with Crippen molar-refractivity contribution in [2.75, 3.05) is 0 Å². The van der Waals surface area contributed by atoms with E-state index in [9.17, 15) is 9.59 Å². The molecule has 1 aliphatic carbocycles. The fraction of sp³-hybridized carbons (Fsp3) is 0.421. The quantitative estimate of drug-likeness (QED) is 0.839. The van der Waals surface area contributed by atoms with Gasteiger partial charge in [-0.25, -0.2) is 9.48 Å². The summed E-state index contributed by atoms with van der Waals surface area (Å²) < 4.78 is 1.26. The molecule has 130 valence electrons. The van der Waals surface area contributed by atoms with E-state index in [4.69, 9.17) is 6.42 Å². The molecule has 1 aromatic carbocycles. The molecule has 1 aliphatic rings. The first kappa shape index (κ1) is 17.0. The van der Waals surface area contributed by atoms with Crippen LogP contribution >= 0.6 is 0 Å². The van der Waals surface area contributed by atoms with Crippen LogP contribution in [0.4, 0.5) is 4.79 Å². The molecule has 3 rings (SSSR count). The van der Waals surface area contributed by atoms with E-state index in [0.29, 0.717) is 11.1 Å². The van der Waals surface area contributed by atoms with E-state index < -0.39 is 0 Å². The molecule has 1 saturated carbocycles. The van der Waals surface area contributed by atoms with Crippen LogP contribution in [0, 0.1) is 12.3 Å². The number of hydrogen-bond acceptors (Lipinski definition) is 3. The number of amides is 2. The second-order valence-corrected chi connectivity index (χ2v) is 6.32. The van der Waals surface area contributed by atoms with Crippen LogP contribution in [0.3, 0.4) is 0 Å². The van der Waals surface area contributed by atoms with Gasteiger partial charge in [-0.05, 0) is 18.9 Å². The molecule has 2 amide bonds. The Morgan fingerprint density at radius 2 is 1.96 bits per heavy atom. The molecular weight excluding hydrogens is 316 g/mol. The van der Waals surface area contributed by atoms with Gasteiger partial charge in [0, 0.05) is 11.4 Å². The molecule has 6 nitrogen and oxygen atoms in total. The summed E-state index contributed by atoms with van der Waals surface area (Å²) in [5.74, 6) is 2.44. The molecule has 0 unspecified atom stereocenters. The van der Waals surface area contributed by atoms with Crippen molar-refractivity contribution in [3.8, 4) is 12.3 Å². The predicted octanol–water partition coefficient (Wildman–Crippen LogP) is 2.16. The summed E-state index contributed by atoms with van der Waals surface area (Å²) in [5.41, 5.74) is 0.410. The van der Waals surface area contributed by atoms with E-state index in [0.717, 1.165) is 31.1 Å². The number of aromatic nitrogens is 2. The standard InChI is InChI=1S/C19H22N4O2/c1-2-12-23-18(24)16-11-7-6-10-15(16)17(22-23)13-20-19(25)21-14-8-4-3-5-9-14/h1,6-7,10-11,14H,3-5,8-9,12-13H2,(H2,20,21,25). The van der Waals surface area contributed by atoms with Crippen LogP contribution in [0.15, 0.2) is 29.1 Å². The molecule has 6 heteroatoms. The zero-order chi connectivity index (χ0) is 17.6. The number of nitrogens with zero attached hydrogens (tertiary/aromatic N) is 2. The van der Waals surface area contributed by atoms with E-state index in [1.165, 1.54) is 11.1 Å². The Morgan fingerprint density at radius 3 is 2.68 bits per heavy atom. The molecule has 25 heavy (non-hydrogen) atoms. The molecular formula is C19H22N4O2. The van der Waals surface area contributed by atoms with Crippen LogP contribution in [0.2, 0.25) is 0 Å². The number of terminal acetylenes is 1. The summed E-state index contributed by atoms with van der Waals surface area (Å²) in [4.78, 5) is 24.5. The van der Waals surface area contributed by atoms with Crippen molar-refractivity contribution in [2.45, 2.75) is 51.2 Å². The maximum absolute atomic E-state index is 12.4. The smallest absolute Gasteiger partial charge is 0.315 e. The van der Waals surface area contributed by atoms with E-state index >= 15 is 0 Å². The Bertz CT molecular complexity index is 860. The van der Waals surface area contributed by atoms with Gasteiger partial charge in [0.25, 0.3) is 5.56 Å². The van der Waals surface area contributed by atoms with Crippen LogP contribution in [-0.4, -0.2) is 21.9 Å². The number of nitrogens with one attached hydrogen (secondary N) is 2. The average molecular weight is 338 g/mol. The second kappa shape index (κ2) is 7.84. The van der Waals surface area contributed by atoms with E-state index in [1.807, 2.05) is 12.1 Å². The first-order chi connectivity index (χ1) is 12.2. The highest BCUT2D eigenvalue weighted by Gasteiger charge is 2.16. The van der Waals surface area contributed by atoms with Gasteiger partial charge >= 0.3 is 6.03 Å². The number of urea groups is 1. The molecule has 0 spiro atoms. The van der Waals surface area contributed by atoms with E-state index in [1.54, 1.807) is 12.1 Å². The molecule has 1 heterocycles. The Hall–Kier alpha value is -2.81. The lowest BCUT2D eigenvalue weighted by Crippen LogP contribution is -2.42. The topological polar surface area (TPSA) is 76.0 Å². The third-order valence-corrected chi connectivity index (χ3v) is 4.54. The molecule has 1 fully saturated rings. The highest BCUT2D eigenvalue weighted by molar-refractivity contribution is 5.84. The third-order valence-electron chi connectivity index (χ3n) is 4.54. The van der Waals surface area contributed by atoms with Gasteiger partial charge in [-0.15, -0.1) is 6.42 Å². The summed E-state index contributed by atoms with van der Waals surface area (Å²) in [6.45, 7) is 0.342. The van der Waals surface area contributed by atoms with Crippen molar-refractivity contribution in [1.82, 2.24) is 20.4 Å². The summed E-state index contributed by atoms with van der Waals surface area (Å²) in [6.07, 6.45) is 10.9. The van der Waals surface area contributed by atoms with Gasteiger partial charge < -0.3 is 10.6 Å². The van der Waals surface area contributed by atoms with Gasteiger partial charge in [-0.3, -0.25) is 4.79 Å². The van der Waals surface area contributed by atoms with Gasteiger partial charge in [-0.1, -0.05) is 43.4 Å². The number of rotatable bonds is 4. The average Bonchev–Trinajstić information content (AvgIpc) is 2.64. The number of hydrogen-bond donors (Lipinski definition) is 2. The monoisotopic (exact) mass is 338 g/mol. The summed E-state index contributed by atoms with van der Waals surface area (Å²) in [6, 6.07) is 7.27. The molecule has 0 bridgehead atoms. The Kier molecular flexibility index (Phi) is 5.34. The summed E-state index contributed by atoms with van der Waals surface area (Å²) >= 11 is 0. The number of fused-ring (bicyclic) bond motifs is 1. The normalized spacial score (nSPS) is 14.8. The van der Waals surface area contributed by atoms with E-state index in [2.05, 4.69) is 21.7 Å². The largest absolute Gasteiger partial charge is 0.335 e. The van der Waals surface area contributed by atoms with Crippen LogP contribution in [-0.2, 0) is 13.1 Å². The van der Waals surface area contributed by atoms with Crippen molar-refractivity contribution >= 4 is 16.8 Å². The van der Waals surface area contributed by atoms with Gasteiger partial charge in [-0.2, -0.15) is 5.10 Å². The summed E-state index contributed by atoms with van der Waals surface area (Å²) in [7, 11) is 0. The fourth-order valence-electron chi connectivity index (χ4n) is 3.28. The Labute approximate surface area is 146 Å². The fourth-order valence-corrected chi connectivity index (χ4v) is 3.28. The van der Waals surface area contributed by atoms with Crippen molar-refractivity contribution < 1.29 is 4.79 Å². The van der Waals surface area contributed by atoms with Gasteiger partial charge in [0.2, 0.25) is 0 Å². The minimum Gasteiger partial charge on any atom is -0.335 e. The molecule has 1 aromatic heterocycles. The number of carbonyl (C=O) groups excluding carboxylic acids is 1. The van der Waals surface area contributed by atoms with Crippen molar-refractivity contribution in [3.63, 3.8) is 0 Å². The molecule has 0 aliphatic heterocycles. The molecule has 0 radical (unpaired) electrons. The second-order valence-electron chi connectivity index (χ2n) is 6.32. The van der Waals surface area contributed by atoms with Crippen LogP contribution in [0.5, 0.6) is 0 Å². The van der Waals surface area contributed by atoms with Crippen molar-refractivity contribution in [3.05, 3.63) is 40.3 Å². The lowest BCUT2D eigenvalue weighted by Gasteiger charge is -2.22. The predicted molar refractivity (Wildman–Crippen MR) is 97.1 cm³/mol. The lowest BCUT2D eigenvalue weighted by atomic mass is 9.96. The van der Waals surface area contributed by atoms with Crippen molar-refractivity contribution in [1.29, 1.82) is 0 Å². The number of carbonyl (C=O) groups is 1. The van der Waals surface area contributed by atoms with Gasteiger partial charge in [0.1, 0.15) is 6.54 Å². The molecule has 0 atom stereocenters. The molecule has 2 N–H and O–H groups in total. The Morgan fingerprint density at radius 1 is 1.24 bits per heavy atom. The lowest BCUT2D eigenvalue weighted by molar-refractivity contribution is 0.232. The van der Waals surface area contributed by atoms with Crippen LogP contribution in [0.25, 0.3) is 10.8 Å². The van der Waals surface area contributed by atoms with Crippen molar-refractivity contribution in [2.24, 2.45) is 0 Å². The minimum absolute atomic E-state index is 0.102. The maximum atomic E-state index is 12.4. The Balaban J connectivity index is 1.76. The summed E-state index contributed by atoms with van der Waals surface area (Å²) in [5, 5.41) is 11.5. The highest BCUT2D eigenvalue weighted by Crippen LogP contribution is 2.17. The molecule has 0 saturated heterocycles. The zero-order valence-corrected chi connectivity index (χ0v) is 14.1. The van der Waals surface area contributed by atoms with Gasteiger partial charge in [0.05, 0.1) is 17.6 Å². The van der Waals surface area contributed by atoms with Crippen LogP contribution < -0.4 is 16.2 Å². The number of benzene rings is 1. The van der Waals surface area contributed by atoms with Gasteiger partial charge in [0.15, 0.2) is 0 Å². The van der Waals surface area contributed by atoms with Crippen LogP contribution in [0.1, 0.15) is 37.8 Å². The zero-order valence-electron chi connectivity index (χ0n) is 14.1. The first-order valence-electron chi connectivity index (χ1n) is 8.65. The first-order valence-corrected chi connectivity index (χ1v) is 8.65. The highest BCUT2D eigenvalue weighted by atomic mass is 16.2. The SMILES string of the molecule is C#CCn1nc(CNC(=O)NC2CCCCC2)c2ccccc2c1=O. The maximum Gasteiger partial charge on any atom is 0.315 e. The molecule has 2 aromatic rings. The third kappa shape index (κ3) is 4.00. The minimum atomic E-state index is -0.219.